The first kappa shape index (κ1) is 15.1. The summed E-state index contributed by atoms with van der Waals surface area (Å²) in [7, 11) is 0. The molecule has 1 heterocycles. The first-order chi connectivity index (χ1) is 9.51. The van der Waals surface area contributed by atoms with Gasteiger partial charge in [-0.3, -0.25) is 4.79 Å². The standard InChI is InChI=1S/C16H20BrNO2/c1-4-10-18-14(16(2,3)11-17)13(15(18)19)20-12-8-6-5-7-9-12/h4-9,13-14H,1,10-11H2,2-3H3/t13-,14-/m0/s1. The lowest BCUT2D eigenvalue weighted by atomic mass is 9.76. The summed E-state index contributed by atoms with van der Waals surface area (Å²) in [5.74, 6) is 0.771. The molecule has 2 rings (SSSR count). The number of carbonyl (C=O) groups is 1. The van der Waals surface area contributed by atoms with Crippen LogP contribution in [0.25, 0.3) is 0 Å². The van der Waals surface area contributed by atoms with E-state index in [1.54, 1.807) is 6.08 Å². The Labute approximate surface area is 128 Å². The number of halogens is 1. The van der Waals surface area contributed by atoms with Crippen LogP contribution < -0.4 is 4.74 Å². The van der Waals surface area contributed by atoms with E-state index in [9.17, 15) is 4.79 Å². The van der Waals surface area contributed by atoms with Crippen molar-refractivity contribution in [2.45, 2.75) is 26.0 Å². The highest BCUT2D eigenvalue weighted by molar-refractivity contribution is 9.09. The van der Waals surface area contributed by atoms with Crippen LogP contribution >= 0.6 is 15.9 Å². The third-order valence-corrected chi connectivity index (χ3v) is 5.07. The van der Waals surface area contributed by atoms with Crippen molar-refractivity contribution < 1.29 is 9.53 Å². The number of carbonyl (C=O) groups excluding carboxylic acids is 1. The number of amides is 1. The van der Waals surface area contributed by atoms with Crippen LogP contribution in [0.1, 0.15) is 13.8 Å². The van der Waals surface area contributed by atoms with Crippen molar-refractivity contribution in [2.75, 3.05) is 11.9 Å². The minimum atomic E-state index is -0.412. The lowest BCUT2D eigenvalue weighted by Crippen LogP contribution is -2.71. The fourth-order valence-corrected chi connectivity index (χ4v) is 2.86. The normalized spacial score (nSPS) is 22.4. The number of ether oxygens (including phenoxy) is 1. The number of alkyl halides is 1. The topological polar surface area (TPSA) is 29.5 Å². The Morgan fingerprint density at radius 2 is 2.05 bits per heavy atom. The van der Waals surface area contributed by atoms with Gasteiger partial charge in [0.15, 0.2) is 6.10 Å². The first-order valence-electron chi connectivity index (χ1n) is 6.70. The van der Waals surface area contributed by atoms with Crippen molar-refractivity contribution in [1.82, 2.24) is 4.90 Å². The van der Waals surface area contributed by atoms with E-state index in [1.807, 2.05) is 35.2 Å². The quantitative estimate of drug-likeness (QED) is 0.453. The fraction of sp³-hybridized carbons (Fsp3) is 0.438. The molecular formula is C16H20BrNO2. The van der Waals surface area contributed by atoms with Gasteiger partial charge in [-0.1, -0.05) is 54.1 Å². The van der Waals surface area contributed by atoms with Crippen LogP contribution in [0.5, 0.6) is 5.75 Å². The summed E-state index contributed by atoms with van der Waals surface area (Å²) < 4.78 is 5.89. The van der Waals surface area contributed by atoms with Gasteiger partial charge in [0, 0.05) is 11.9 Å². The predicted octanol–water partition coefficient (Wildman–Crippen LogP) is 3.25. The summed E-state index contributed by atoms with van der Waals surface area (Å²) in [6, 6.07) is 9.55. The van der Waals surface area contributed by atoms with Crippen molar-refractivity contribution in [3.8, 4) is 5.75 Å². The van der Waals surface area contributed by atoms with Crippen LogP contribution in [-0.4, -0.2) is 34.8 Å². The number of hydrogen-bond acceptors (Lipinski definition) is 2. The fourth-order valence-electron chi connectivity index (χ4n) is 2.53. The Balaban J connectivity index is 2.18. The predicted molar refractivity (Wildman–Crippen MR) is 84.1 cm³/mol. The van der Waals surface area contributed by atoms with Crippen LogP contribution in [0.4, 0.5) is 0 Å². The van der Waals surface area contributed by atoms with Crippen LogP contribution in [0.15, 0.2) is 43.0 Å². The van der Waals surface area contributed by atoms with Crippen LogP contribution in [0.3, 0.4) is 0 Å². The summed E-state index contributed by atoms with van der Waals surface area (Å²) in [5.41, 5.74) is -0.0592. The molecule has 1 amide bonds. The molecule has 0 radical (unpaired) electrons. The molecular weight excluding hydrogens is 318 g/mol. The third kappa shape index (κ3) is 2.75. The van der Waals surface area contributed by atoms with Gasteiger partial charge in [0.25, 0.3) is 5.91 Å². The molecule has 1 fully saturated rings. The minimum absolute atomic E-state index is 0.0350. The zero-order valence-corrected chi connectivity index (χ0v) is 13.5. The Hall–Kier alpha value is -1.29. The average Bonchev–Trinajstić information content (AvgIpc) is 2.46. The number of likely N-dealkylation sites (tertiary alicyclic amines) is 1. The van der Waals surface area contributed by atoms with Crippen molar-refractivity contribution in [1.29, 1.82) is 0 Å². The highest BCUT2D eigenvalue weighted by Gasteiger charge is 2.55. The Morgan fingerprint density at radius 1 is 1.40 bits per heavy atom. The van der Waals surface area contributed by atoms with Crippen LogP contribution in [-0.2, 0) is 4.79 Å². The molecule has 1 aliphatic heterocycles. The van der Waals surface area contributed by atoms with Crippen molar-refractivity contribution in [2.24, 2.45) is 5.41 Å². The summed E-state index contributed by atoms with van der Waals surface area (Å²) in [5, 5.41) is 0.806. The summed E-state index contributed by atoms with van der Waals surface area (Å²) in [6.45, 7) is 8.56. The Morgan fingerprint density at radius 3 is 2.60 bits per heavy atom. The zero-order valence-electron chi connectivity index (χ0n) is 11.9. The number of hydrogen-bond donors (Lipinski definition) is 0. The van der Waals surface area contributed by atoms with E-state index in [4.69, 9.17) is 4.74 Å². The van der Waals surface area contributed by atoms with Crippen molar-refractivity contribution in [3.05, 3.63) is 43.0 Å². The van der Waals surface area contributed by atoms with Gasteiger partial charge >= 0.3 is 0 Å². The molecule has 1 aromatic carbocycles. The van der Waals surface area contributed by atoms with E-state index >= 15 is 0 Å². The van der Waals surface area contributed by atoms with E-state index in [0.717, 1.165) is 11.1 Å². The monoisotopic (exact) mass is 337 g/mol. The second-order valence-electron chi connectivity index (χ2n) is 5.70. The van der Waals surface area contributed by atoms with Crippen molar-refractivity contribution >= 4 is 21.8 Å². The van der Waals surface area contributed by atoms with Gasteiger partial charge in [0.1, 0.15) is 5.75 Å². The Kier molecular flexibility index (Phi) is 4.53. The molecule has 0 N–H and O–H groups in total. The van der Waals surface area contributed by atoms with Gasteiger partial charge in [-0.15, -0.1) is 6.58 Å². The minimum Gasteiger partial charge on any atom is -0.478 e. The average molecular weight is 338 g/mol. The number of para-hydroxylation sites is 1. The molecule has 4 heteroatoms. The van der Waals surface area contributed by atoms with E-state index < -0.39 is 6.10 Å². The van der Waals surface area contributed by atoms with E-state index in [-0.39, 0.29) is 17.4 Å². The summed E-state index contributed by atoms with van der Waals surface area (Å²) >= 11 is 3.54. The molecule has 1 aromatic rings. The largest absolute Gasteiger partial charge is 0.478 e. The molecule has 20 heavy (non-hydrogen) atoms. The van der Waals surface area contributed by atoms with Gasteiger partial charge in [-0.25, -0.2) is 0 Å². The van der Waals surface area contributed by atoms with Crippen LogP contribution in [0.2, 0.25) is 0 Å². The van der Waals surface area contributed by atoms with Crippen LogP contribution in [0, 0.1) is 5.41 Å². The highest BCUT2D eigenvalue weighted by Crippen LogP contribution is 2.38. The molecule has 0 aromatic heterocycles. The maximum atomic E-state index is 12.3. The third-order valence-electron chi connectivity index (χ3n) is 3.63. The lowest BCUT2D eigenvalue weighted by molar-refractivity contribution is -0.170. The molecule has 0 aliphatic carbocycles. The number of benzene rings is 1. The molecule has 1 aliphatic rings. The second-order valence-corrected chi connectivity index (χ2v) is 6.26. The van der Waals surface area contributed by atoms with E-state index in [0.29, 0.717) is 6.54 Å². The molecule has 2 atom stereocenters. The molecule has 0 saturated carbocycles. The SMILES string of the molecule is C=CCN1C(=O)[C@@H](Oc2ccccc2)[C@H]1C(C)(C)CBr. The molecule has 0 spiro atoms. The van der Waals surface area contributed by atoms with Gasteiger partial charge in [0.05, 0.1) is 6.04 Å². The number of β-lactam (4-membered cyclic amide) rings is 1. The molecule has 108 valence electrons. The molecule has 0 bridgehead atoms. The smallest absolute Gasteiger partial charge is 0.266 e. The Bertz CT molecular complexity index is 487. The summed E-state index contributed by atoms with van der Waals surface area (Å²) in [4.78, 5) is 14.1. The number of nitrogens with zero attached hydrogens (tertiary/aromatic N) is 1. The molecule has 0 unspecified atom stereocenters. The van der Waals surface area contributed by atoms with Gasteiger partial charge in [-0.05, 0) is 17.5 Å². The maximum Gasteiger partial charge on any atom is 0.266 e. The summed E-state index contributed by atoms with van der Waals surface area (Å²) in [6.07, 6.45) is 1.35. The maximum absolute atomic E-state index is 12.3. The van der Waals surface area contributed by atoms with Gasteiger partial charge in [-0.2, -0.15) is 0 Å². The molecule has 1 saturated heterocycles. The van der Waals surface area contributed by atoms with Gasteiger partial charge in [0.2, 0.25) is 0 Å². The van der Waals surface area contributed by atoms with E-state index in [2.05, 4.69) is 36.4 Å². The highest BCUT2D eigenvalue weighted by atomic mass is 79.9. The number of rotatable bonds is 6. The molecule has 3 nitrogen and oxygen atoms in total. The lowest BCUT2D eigenvalue weighted by Gasteiger charge is -2.52. The van der Waals surface area contributed by atoms with E-state index in [1.165, 1.54) is 0 Å². The zero-order chi connectivity index (χ0) is 14.8. The van der Waals surface area contributed by atoms with Crippen molar-refractivity contribution in [3.63, 3.8) is 0 Å². The first-order valence-corrected chi connectivity index (χ1v) is 7.82. The second kappa shape index (κ2) is 6.00. The van der Waals surface area contributed by atoms with Gasteiger partial charge < -0.3 is 9.64 Å².